The molecule has 0 bridgehead atoms. The van der Waals surface area contributed by atoms with Crippen molar-refractivity contribution in [2.24, 2.45) is 0 Å². The van der Waals surface area contributed by atoms with Crippen molar-refractivity contribution in [1.29, 1.82) is 0 Å². The maximum absolute atomic E-state index is 12.4. The summed E-state index contributed by atoms with van der Waals surface area (Å²) in [7, 11) is 0. The van der Waals surface area contributed by atoms with E-state index in [2.05, 4.69) is 24.1 Å². The monoisotopic (exact) mass is 326 g/mol. The van der Waals surface area contributed by atoms with Crippen LogP contribution in [0.1, 0.15) is 32.3 Å². The normalized spacial score (nSPS) is 12.2. The molecular weight excluding hydrogens is 309 g/mol. The Morgan fingerprint density at radius 1 is 1.35 bits per heavy atom. The average molecular weight is 327 g/mol. The van der Waals surface area contributed by atoms with Crippen molar-refractivity contribution < 1.29 is 13.2 Å². The molecule has 0 aliphatic heterocycles. The average Bonchev–Trinajstić information content (AvgIpc) is 2.33. The first-order chi connectivity index (χ1) is 9.30. The molecule has 0 radical (unpaired) electrons. The van der Waals surface area contributed by atoms with Gasteiger partial charge in [0.05, 0.1) is 10.6 Å². The van der Waals surface area contributed by atoms with Crippen molar-refractivity contribution in [3.8, 4) is 0 Å². The first-order valence-electron chi connectivity index (χ1n) is 6.39. The van der Waals surface area contributed by atoms with Crippen LogP contribution in [0.2, 0.25) is 5.02 Å². The quantitative estimate of drug-likeness (QED) is 0.584. The van der Waals surface area contributed by atoms with Crippen molar-refractivity contribution >= 4 is 23.4 Å². The third kappa shape index (κ3) is 6.33. The molecule has 20 heavy (non-hydrogen) atoms. The van der Waals surface area contributed by atoms with Crippen LogP contribution in [-0.4, -0.2) is 23.3 Å². The summed E-state index contributed by atoms with van der Waals surface area (Å²) in [6, 6.07) is 1.39. The smallest absolute Gasteiger partial charge is 0.315 e. The van der Waals surface area contributed by atoms with Gasteiger partial charge >= 0.3 is 6.18 Å². The van der Waals surface area contributed by atoms with E-state index < -0.39 is 11.7 Å². The number of thioether (sulfide) groups is 1. The van der Waals surface area contributed by atoms with Crippen LogP contribution in [0.3, 0.4) is 0 Å². The third-order valence-electron chi connectivity index (χ3n) is 2.50. The van der Waals surface area contributed by atoms with E-state index in [1.807, 2.05) is 0 Å². The van der Waals surface area contributed by atoms with Crippen molar-refractivity contribution in [2.45, 2.75) is 43.9 Å². The van der Waals surface area contributed by atoms with Crippen LogP contribution >= 0.6 is 23.4 Å². The van der Waals surface area contributed by atoms with Crippen LogP contribution in [0.25, 0.3) is 0 Å². The number of hydrogen-bond donors (Lipinski definition) is 1. The predicted octanol–water partition coefficient (Wildman–Crippen LogP) is 4.62. The molecule has 2 nitrogen and oxygen atoms in total. The molecular formula is C13H18ClF3N2S. The summed E-state index contributed by atoms with van der Waals surface area (Å²) in [5, 5.41) is 3.82. The van der Waals surface area contributed by atoms with Gasteiger partial charge in [0.1, 0.15) is 5.03 Å². The highest BCUT2D eigenvalue weighted by Crippen LogP contribution is 2.33. The summed E-state index contributed by atoms with van der Waals surface area (Å²) in [6.45, 7) is 5.10. The number of halogens is 4. The molecule has 1 aromatic rings. The second-order valence-electron chi connectivity index (χ2n) is 4.67. The largest absolute Gasteiger partial charge is 0.417 e. The van der Waals surface area contributed by atoms with Gasteiger partial charge in [-0.05, 0) is 31.2 Å². The van der Waals surface area contributed by atoms with Crippen LogP contribution in [0.4, 0.5) is 13.2 Å². The fraction of sp³-hybridized carbons (Fsp3) is 0.615. The molecule has 114 valence electrons. The lowest BCUT2D eigenvalue weighted by Gasteiger charge is -2.09. The van der Waals surface area contributed by atoms with E-state index >= 15 is 0 Å². The maximum Gasteiger partial charge on any atom is 0.417 e. The minimum absolute atomic E-state index is 0.0603. The molecule has 0 atom stereocenters. The first-order valence-corrected chi connectivity index (χ1v) is 7.76. The number of rotatable bonds is 7. The molecule has 0 aliphatic rings. The lowest BCUT2D eigenvalue weighted by atomic mass is 10.3. The highest BCUT2D eigenvalue weighted by Gasteiger charge is 2.31. The summed E-state index contributed by atoms with van der Waals surface area (Å²) in [5.41, 5.74) is -0.812. The van der Waals surface area contributed by atoms with E-state index in [-0.39, 0.29) is 5.02 Å². The molecule has 0 aromatic carbocycles. The highest BCUT2D eigenvalue weighted by molar-refractivity contribution is 7.99. The standard InChI is InChI=1S/C13H18ClF3N2S/c1-9(2)18-5-3-4-6-20-12-11(14)7-10(8-19-12)13(15,16)17/h7-9,18H,3-6H2,1-2H3. The van der Waals surface area contributed by atoms with Gasteiger partial charge in [0.25, 0.3) is 0 Å². The SMILES string of the molecule is CC(C)NCCCCSc1ncc(C(F)(F)F)cc1Cl. The van der Waals surface area contributed by atoms with Crippen molar-refractivity contribution in [2.75, 3.05) is 12.3 Å². The summed E-state index contributed by atoms with van der Waals surface area (Å²) < 4.78 is 37.3. The number of unbranched alkanes of at least 4 members (excludes halogenated alkanes) is 1. The predicted molar refractivity (Wildman–Crippen MR) is 77.3 cm³/mol. The summed E-state index contributed by atoms with van der Waals surface area (Å²) in [4.78, 5) is 3.79. The Balaban J connectivity index is 2.38. The van der Waals surface area contributed by atoms with Crippen LogP contribution in [0.15, 0.2) is 17.3 Å². The summed E-state index contributed by atoms with van der Waals surface area (Å²) >= 11 is 7.21. The minimum Gasteiger partial charge on any atom is -0.315 e. The van der Waals surface area contributed by atoms with E-state index in [1.165, 1.54) is 11.8 Å². The van der Waals surface area contributed by atoms with E-state index in [4.69, 9.17) is 11.6 Å². The third-order valence-corrected chi connectivity index (χ3v) is 3.99. The molecule has 7 heteroatoms. The Morgan fingerprint density at radius 2 is 2.05 bits per heavy atom. The Hall–Kier alpha value is -0.460. The fourth-order valence-corrected chi connectivity index (χ4v) is 2.67. The van der Waals surface area contributed by atoms with Crippen LogP contribution in [0, 0.1) is 0 Å². The lowest BCUT2D eigenvalue weighted by molar-refractivity contribution is -0.137. The van der Waals surface area contributed by atoms with Crippen molar-refractivity contribution in [3.05, 3.63) is 22.8 Å². The van der Waals surface area contributed by atoms with Gasteiger partial charge in [-0.2, -0.15) is 13.2 Å². The van der Waals surface area contributed by atoms with E-state index in [0.717, 1.165) is 37.4 Å². The summed E-state index contributed by atoms with van der Waals surface area (Å²) in [5.74, 6) is 0.790. The summed E-state index contributed by atoms with van der Waals surface area (Å²) in [6.07, 6.45) is -1.59. The van der Waals surface area contributed by atoms with Gasteiger partial charge in [-0.25, -0.2) is 4.98 Å². The number of aromatic nitrogens is 1. The van der Waals surface area contributed by atoms with Crippen LogP contribution in [0.5, 0.6) is 0 Å². The molecule has 0 saturated carbocycles. The van der Waals surface area contributed by atoms with Gasteiger partial charge in [-0.3, -0.25) is 0 Å². The number of hydrogen-bond acceptors (Lipinski definition) is 3. The molecule has 1 N–H and O–H groups in total. The lowest BCUT2D eigenvalue weighted by Crippen LogP contribution is -2.23. The fourth-order valence-electron chi connectivity index (χ4n) is 1.47. The minimum atomic E-state index is -4.40. The molecule has 1 aromatic heterocycles. The van der Waals surface area contributed by atoms with E-state index in [1.54, 1.807) is 0 Å². The number of alkyl halides is 3. The molecule has 0 unspecified atom stereocenters. The first kappa shape index (κ1) is 17.6. The molecule has 0 amide bonds. The number of nitrogens with one attached hydrogen (secondary N) is 1. The number of pyridine rings is 1. The van der Waals surface area contributed by atoms with Gasteiger partial charge in [0, 0.05) is 12.2 Å². The van der Waals surface area contributed by atoms with Gasteiger partial charge in [0.15, 0.2) is 0 Å². The van der Waals surface area contributed by atoms with Crippen molar-refractivity contribution in [3.63, 3.8) is 0 Å². The Bertz CT molecular complexity index is 425. The van der Waals surface area contributed by atoms with Crippen LogP contribution in [-0.2, 0) is 6.18 Å². The number of nitrogens with zero attached hydrogens (tertiary/aromatic N) is 1. The van der Waals surface area contributed by atoms with Crippen molar-refractivity contribution in [1.82, 2.24) is 10.3 Å². The molecule has 0 fully saturated rings. The van der Waals surface area contributed by atoms with Gasteiger partial charge in [-0.15, -0.1) is 11.8 Å². The second-order valence-corrected chi connectivity index (χ2v) is 6.16. The Morgan fingerprint density at radius 3 is 2.60 bits per heavy atom. The molecule has 1 rings (SSSR count). The zero-order valence-corrected chi connectivity index (χ0v) is 13.0. The Labute approximate surface area is 126 Å². The van der Waals surface area contributed by atoms with E-state index in [9.17, 15) is 13.2 Å². The molecule has 0 saturated heterocycles. The maximum atomic E-state index is 12.4. The van der Waals surface area contributed by atoms with Gasteiger partial charge < -0.3 is 5.32 Å². The zero-order chi connectivity index (χ0) is 15.2. The van der Waals surface area contributed by atoms with E-state index in [0.29, 0.717) is 11.1 Å². The Kier molecular flexibility index (Phi) is 7.12. The molecule has 1 heterocycles. The molecule has 0 aliphatic carbocycles. The second kappa shape index (κ2) is 8.10. The topological polar surface area (TPSA) is 24.9 Å². The van der Waals surface area contributed by atoms with Gasteiger partial charge in [-0.1, -0.05) is 25.4 Å². The van der Waals surface area contributed by atoms with Crippen LogP contribution < -0.4 is 5.32 Å². The zero-order valence-electron chi connectivity index (χ0n) is 11.4. The highest BCUT2D eigenvalue weighted by atomic mass is 35.5. The van der Waals surface area contributed by atoms with Gasteiger partial charge in [0.2, 0.25) is 0 Å². The molecule has 0 spiro atoms.